The number of β-amino-alcohol motifs (C(OH)–C–C–N with tert-alkyl or cyclic N) is 1. The second-order valence-corrected chi connectivity index (χ2v) is 12.5. The van der Waals surface area contributed by atoms with Gasteiger partial charge in [0.15, 0.2) is 5.60 Å². The number of halogens is 5. The molecule has 0 aliphatic carbocycles. The van der Waals surface area contributed by atoms with Crippen LogP contribution in [0, 0.1) is 0 Å². The van der Waals surface area contributed by atoms with Gasteiger partial charge in [0, 0.05) is 47.7 Å². The number of ether oxygens (including phenoxy) is 1. The maximum atomic E-state index is 13.8. The molecule has 2 atom stereocenters. The lowest BCUT2D eigenvalue weighted by Crippen LogP contribution is -2.72. The van der Waals surface area contributed by atoms with Crippen LogP contribution in [0.3, 0.4) is 0 Å². The van der Waals surface area contributed by atoms with E-state index in [-0.39, 0.29) is 24.3 Å². The SMILES string of the molecule is CC[C@H](COc1cccnc1C1CCN(C(=O)[C@@H](Cc2ccc(Cl)cc2Cl)NC(=O)N2CC(O)(C(F)(F)F)C2)CC1)N(C)C. The minimum absolute atomic E-state index is 0.000577. The molecule has 2 aliphatic heterocycles. The Morgan fingerprint density at radius 2 is 1.86 bits per heavy atom. The van der Waals surface area contributed by atoms with E-state index in [1.165, 1.54) is 6.07 Å². The Morgan fingerprint density at radius 1 is 1.18 bits per heavy atom. The Balaban J connectivity index is 1.44. The number of benzene rings is 1. The molecule has 44 heavy (non-hydrogen) atoms. The van der Waals surface area contributed by atoms with Crippen molar-refractivity contribution in [1.29, 1.82) is 0 Å². The molecule has 3 heterocycles. The molecule has 242 valence electrons. The van der Waals surface area contributed by atoms with Crippen LogP contribution >= 0.6 is 23.2 Å². The van der Waals surface area contributed by atoms with Crippen molar-refractivity contribution in [2.45, 2.75) is 62.4 Å². The van der Waals surface area contributed by atoms with Gasteiger partial charge in [-0.2, -0.15) is 13.2 Å². The Bertz CT molecular complexity index is 1320. The Labute approximate surface area is 265 Å². The number of likely N-dealkylation sites (N-methyl/N-ethyl adjacent to an activating group) is 1. The Hall–Kier alpha value is -2.80. The van der Waals surface area contributed by atoms with Crippen molar-refractivity contribution in [3.8, 4) is 5.75 Å². The zero-order valence-electron chi connectivity index (χ0n) is 24.9. The summed E-state index contributed by atoms with van der Waals surface area (Å²) in [6.07, 6.45) is -0.999. The fraction of sp³-hybridized carbons (Fsp3) is 0.567. The quantitative estimate of drug-likeness (QED) is 0.382. The lowest BCUT2D eigenvalue weighted by atomic mass is 9.91. The predicted octanol–water partition coefficient (Wildman–Crippen LogP) is 4.74. The smallest absolute Gasteiger partial charge is 0.420 e. The van der Waals surface area contributed by atoms with Gasteiger partial charge in [0.05, 0.1) is 18.8 Å². The fourth-order valence-corrected chi connectivity index (χ4v) is 5.98. The average Bonchev–Trinajstić information content (AvgIpc) is 2.96. The van der Waals surface area contributed by atoms with Crippen molar-refractivity contribution in [2.75, 3.05) is 46.9 Å². The van der Waals surface area contributed by atoms with E-state index in [1.807, 2.05) is 26.2 Å². The zero-order valence-corrected chi connectivity index (χ0v) is 26.4. The minimum Gasteiger partial charge on any atom is -0.490 e. The number of carbonyl (C=O) groups is 2. The molecule has 0 spiro atoms. The van der Waals surface area contributed by atoms with Crippen molar-refractivity contribution in [2.24, 2.45) is 0 Å². The summed E-state index contributed by atoms with van der Waals surface area (Å²) in [4.78, 5) is 35.8. The standard InChI is InChI=1S/C30H38Cl2F3N5O4/c1-4-22(38(2)3)16-44-25-6-5-11-36-26(25)19-9-12-39(13-10-19)27(41)24(14-20-7-8-21(31)15-23(20)32)37-28(42)40-17-29(43,18-40)30(33,34)35/h5-8,11,15,19,22,24,43H,4,9-10,12-14,16-18H2,1-3H3,(H,37,42)/t22-,24-/m1/s1. The van der Waals surface area contributed by atoms with Crippen molar-refractivity contribution in [1.82, 2.24) is 25.0 Å². The van der Waals surface area contributed by atoms with Gasteiger partial charge in [-0.3, -0.25) is 9.78 Å². The molecule has 3 amide bonds. The monoisotopic (exact) mass is 659 g/mol. The van der Waals surface area contributed by atoms with Gasteiger partial charge in [-0.15, -0.1) is 0 Å². The second kappa shape index (κ2) is 14.1. The fourth-order valence-electron chi connectivity index (χ4n) is 5.50. The molecule has 2 fully saturated rings. The molecular formula is C30H38Cl2F3N5O4. The van der Waals surface area contributed by atoms with E-state index in [1.54, 1.807) is 23.2 Å². The van der Waals surface area contributed by atoms with Crippen molar-refractivity contribution in [3.05, 3.63) is 57.8 Å². The van der Waals surface area contributed by atoms with Crippen LogP contribution in [-0.4, -0.2) is 107 Å². The summed E-state index contributed by atoms with van der Waals surface area (Å²) >= 11 is 12.4. The van der Waals surface area contributed by atoms with Crippen molar-refractivity contribution >= 4 is 35.1 Å². The predicted molar refractivity (Wildman–Crippen MR) is 161 cm³/mol. The highest BCUT2D eigenvalue weighted by Crippen LogP contribution is 2.38. The van der Waals surface area contributed by atoms with Gasteiger partial charge < -0.3 is 29.9 Å². The maximum Gasteiger partial charge on any atom is 0.420 e. The van der Waals surface area contributed by atoms with Crippen LogP contribution in [0.5, 0.6) is 5.75 Å². The number of aromatic nitrogens is 1. The molecule has 2 saturated heterocycles. The van der Waals surface area contributed by atoms with Crippen LogP contribution in [0.1, 0.15) is 43.4 Å². The lowest BCUT2D eigenvalue weighted by Gasteiger charge is -2.47. The zero-order chi connectivity index (χ0) is 32.2. The first-order chi connectivity index (χ1) is 20.7. The number of hydrogen-bond acceptors (Lipinski definition) is 6. The molecule has 1 aromatic carbocycles. The molecule has 2 N–H and O–H groups in total. The highest BCUT2D eigenvalue weighted by atomic mass is 35.5. The van der Waals surface area contributed by atoms with Crippen molar-refractivity contribution in [3.63, 3.8) is 0 Å². The number of hydrogen-bond donors (Lipinski definition) is 2. The van der Waals surface area contributed by atoms with Crippen LogP contribution in [0.2, 0.25) is 10.0 Å². The van der Waals surface area contributed by atoms with E-state index in [0.29, 0.717) is 53.9 Å². The number of urea groups is 1. The van der Waals surface area contributed by atoms with Gasteiger partial charge in [0.1, 0.15) is 18.4 Å². The third kappa shape index (κ3) is 7.88. The molecule has 4 rings (SSSR count). The molecule has 0 saturated carbocycles. The van der Waals surface area contributed by atoms with E-state index in [9.17, 15) is 27.9 Å². The molecule has 2 aromatic rings. The number of pyridine rings is 1. The Morgan fingerprint density at radius 3 is 2.45 bits per heavy atom. The van der Waals surface area contributed by atoms with Gasteiger partial charge >= 0.3 is 12.2 Å². The lowest BCUT2D eigenvalue weighted by molar-refractivity contribution is -0.294. The number of aliphatic hydroxyl groups is 1. The summed E-state index contributed by atoms with van der Waals surface area (Å²) in [5.74, 6) is 0.381. The molecule has 2 aliphatic rings. The molecule has 9 nitrogen and oxygen atoms in total. The molecule has 14 heteroatoms. The second-order valence-electron chi connectivity index (χ2n) is 11.7. The molecular weight excluding hydrogens is 622 g/mol. The third-order valence-electron chi connectivity index (χ3n) is 8.38. The number of alkyl halides is 3. The van der Waals surface area contributed by atoms with Gasteiger partial charge in [-0.05, 0) is 63.2 Å². The third-order valence-corrected chi connectivity index (χ3v) is 8.97. The van der Waals surface area contributed by atoms with Gasteiger partial charge in [0.2, 0.25) is 5.91 Å². The minimum atomic E-state index is -4.87. The van der Waals surface area contributed by atoms with Crippen molar-refractivity contribution < 1.29 is 32.6 Å². The summed E-state index contributed by atoms with van der Waals surface area (Å²) in [5, 5.41) is 13.0. The number of piperidine rings is 1. The van der Waals surface area contributed by atoms with Crippen LogP contribution in [0.4, 0.5) is 18.0 Å². The van der Waals surface area contributed by atoms with Gasteiger partial charge in [0.25, 0.3) is 0 Å². The first-order valence-electron chi connectivity index (χ1n) is 14.5. The van der Waals surface area contributed by atoms with E-state index in [4.69, 9.17) is 27.9 Å². The van der Waals surface area contributed by atoms with E-state index < -0.39 is 36.9 Å². The van der Waals surface area contributed by atoms with Crippen LogP contribution in [0.15, 0.2) is 36.5 Å². The van der Waals surface area contributed by atoms with E-state index in [0.717, 1.165) is 17.0 Å². The normalized spacial score (nSPS) is 18.5. The van der Waals surface area contributed by atoms with Crippen LogP contribution in [0.25, 0.3) is 0 Å². The first kappa shape index (κ1) is 34.1. The molecule has 0 bridgehead atoms. The molecule has 0 radical (unpaired) electrons. The largest absolute Gasteiger partial charge is 0.490 e. The van der Waals surface area contributed by atoms with E-state index in [2.05, 4.69) is 22.1 Å². The first-order valence-corrected chi connectivity index (χ1v) is 15.3. The topological polar surface area (TPSA) is 98.2 Å². The average molecular weight is 661 g/mol. The number of amides is 3. The number of likely N-dealkylation sites (tertiary alicyclic amines) is 2. The summed E-state index contributed by atoms with van der Waals surface area (Å²) in [5.41, 5.74) is -1.59. The maximum absolute atomic E-state index is 13.8. The highest BCUT2D eigenvalue weighted by molar-refractivity contribution is 6.35. The summed E-state index contributed by atoms with van der Waals surface area (Å²) < 4.78 is 45.5. The summed E-state index contributed by atoms with van der Waals surface area (Å²) in [6, 6.07) is 6.75. The van der Waals surface area contributed by atoms with Crippen LogP contribution in [-0.2, 0) is 11.2 Å². The summed E-state index contributed by atoms with van der Waals surface area (Å²) in [6.45, 7) is 1.55. The van der Waals surface area contributed by atoms with Gasteiger partial charge in [-0.1, -0.05) is 36.2 Å². The number of rotatable bonds is 10. The Kier molecular flexibility index (Phi) is 10.9. The number of carbonyl (C=O) groups excluding carboxylic acids is 2. The van der Waals surface area contributed by atoms with Gasteiger partial charge in [-0.25, -0.2) is 4.79 Å². The molecule has 0 unspecified atom stereocenters. The van der Waals surface area contributed by atoms with E-state index >= 15 is 0 Å². The number of nitrogens with one attached hydrogen (secondary N) is 1. The highest BCUT2D eigenvalue weighted by Gasteiger charge is 2.62. The van der Waals surface area contributed by atoms with Crippen LogP contribution < -0.4 is 10.1 Å². The summed E-state index contributed by atoms with van der Waals surface area (Å²) in [7, 11) is 4.02. The number of nitrogens with zero attached hydrogens (tertiary/aromatic N) is 4. The molecule has 1 aromatic heterocycles.